The van der Waals surface area contributed by atoms with E-state index in [1.54, 1.807) is 0 Å². The van der Waals surface area contributed by atoms with Crippen LogP contribution in [0.3, 0.4) is 0 Å². The lowest BCUT2D eigenvalue weighted by atomic mass is 10.1. The highest BCUT2D eigenvalue weighted by Gasteiger charge is 2.37. The molecule has 2 bridgehead atoms. The van der Waals surface area contributed by atoms with E-state index in [0.717, 1.165) is 32.4 Å². The van der Waals surface area contributed by atoms with Gasteiger partial charge in [-0.25, -0.2) is 0 Å². The van der Waals surface area contributed by atoms with E-state index in [-0.39, 0.29) is 24.2 Å². The Labute approximate surface area is 147 Å². The molecule has 3 heterocycles. The van der Waals surface area contributed by atoms with Crippen molar-refractivity contribution in [2.75, 3.05) is 19.6 Å². The number of amides is 2. The van der Waals surface area contributed by atoms with Gasteiger partial charge in [-0.15, -0.1) is 12.4 Å². The Morgan fingerprint density at radius 2 is 2.13 bits per heavy atom. The van der Waals surface area contributed by atoms with E-state index in [4.69, 9.17) is 0 Å². The van der Waals surface area contributed by atoms with E-state index in [2.05, 4.69) is 15.5 Å². The summed E-state index contributed by atoms with van der Waals surface area (Å²) in [5.41, 5.74) is 0.702. The summed E-state index contributed by atoms with van der Waals surface area (Å²) >= 11 is 1.51. The van der Waals surface area contributed by atoms with Gasteiger partial charge in [-0.05, 0) is 43.7 Å². The quantitative estimate of drug-likeness (QED) is 0.793. The molecule has 2 unspecified atom stereocenters. The maximum absolute atomic E-state index is 12.5. The van der Waals surface area contributed by atoms with Crippen LogP contribution < -0.4 is 10.6 Å². The van der Waals surface area contributed by atoms with Gasteiger partial charge < -0.3 is 15.5 Å². The third-order valence-corrected chi connectivity index (χ3v) is 5.26. The van der Waals surface area contributed by atoms with Gasteiger partial charge in [-0.3, -0.25) is 9.59 Å². The van der Waals surface area contributed by atoms with Crippen LogP contribution in [-0.4, -0.2) is 48.4 Å². The van der Waals surface area contributed by atoms with E-state index in [1.165, 1.54) is 11.3 Å². The molecule has 0 saturated carbocycles. The van der Waals surface area contributed by atoms with Gasteiger partial charge in [0.05, 0.1) is 0 Å². The molecule has 0 aromatic carbocycles. The Morgan fingerprint density at radius 1 is 1.30 bits per heavy atom. The Kier molecular flexibility index (Phi) is 6.87. The smallest absolute Gasteiger partial charge is 0.252 e. The first-order chi connectivity index (χ1) is 10.8. The Hall–Kier alpha value is -1.11. The molecule has 7 heteroatoms. The fourth-order valence-corrected chi connectivity index (χ4v) is 4.09. The number of halogens is 1. The molecule has 1 aromatic heterocycles. The highest BCUT2D eigenvalue weighted by molar-refractivity contribution is 7.08. The molecule has 2 fully saturated rings. The van der Waals surface area contributed by atoms with Crippen molar-refractivity contribution >= 4 is 35.6 Å². The van der Waals surface area contributed by atoms with Crippen molar-refractivity contribution in [3.63, 3.8) is 0 Å². The summed E-state index contributed by atoms with van der Waals surface area (Å²) in [5.74, 6) is 0.203. The van der Waals surface area contributed by atoms with Gasteiger partial charge in [0.25, 0.3) is 5.91 Å². The minimum atomic E-state index is -0.0484. The van der Waals surface area contributed by atoms with Crippen LogP contribution in [-0.2, 0) is 4.79 Å². The third kappa shape index (κ3) is 4.46. The normalized spacial score (nSPS) is 23.0. The molecule has 2 atom stereocenters. The highest BCUT2D eigenvalue weighted by Crippen LogP contribution is 2.28. The first-order valence-corrected chi connectivity index (χ1v) is 9.02. The Bertz CT molecular complexity index is 509. The molecule has 2 aliphatic heterocycles. The second-order valence-corrected chi connectivity index (χ2v) is 6.83. The zero-order valence-electron chi connectivity index (χ0n) is 13.1. The number of hydrogen-bond donors (Lipinski definition) is 2. The first-order valence-electron chi connectivity index (χ1n) is 8.08. The Balaban J connectivity index is 0.00000192. The summed E-state index contributed by atoms with van der Waals surface area (Å²) in [5, 5.41) is 10.0. The zero-order valence-corrected chi connectivity index (χ0v) is 14.8. The second kappa shape index (κ2) is 8.66. The lowest BCUT2D eigenvalue weighted by molar-refractivity contribution is -0.133. The SMILES string of the molecule is Cl.O=C(NCCCC(=O)N1C2CCNCC1CC2)c1ccsc1. The van der Waals surface area contributed by atoms with Gasteiger partial charge >= 0.3 is 0 Å². The fraction of sp³-hybridized carbons (Fsp3) is 0.625. The van der Waals surface area contributed by atoms with Crippen molar-refractivity contribution in [2.24, 2.45) is 0 Å². The molecular formula is C16H24ClN3O2S. The van der Waals surface area contributed by atoms with E-state index < -0.39 is 0 Å². The van der Waals surface area contributed by atoms with Crippen molar-refractivity contribution in [3.8, 4) is 0 Å². The number of thiophene rings is 1. The number of nitrogens with one attached hydrogen (secondary N) is 2. The average Bonchev–Trinajstić information content (AvgIpc) is 3.10. The van der Waals surface area contributed by atoms with Crippen LogP contribution in [0.5, 0.6) is 0 Å². The van der Waals surface area contributed by atoms with Crippen molar-refractivity contribution in [2.45, 2.75) is 44.2 Å². The average molecular weight is 358 g/mol. The molecular weight excluding hydrogens is 334 g/mol. The highest BCUT2D eigenvalue weighted by atomic mass is 35.5. The maximum atomic E-state index is 12.5. The molecule has 5 nitrogen and oxygen atoms in total. The van der Waals surface area contributed by atoms with Crippen LogP contribution in [0, 0.1) is 0 Å². The van der Waals surface area contributed by atoms with E-state index >= 15 is 0 Å². The lowest BCUT2D eigenvalue weighted by Gasteiger charge is -2.28. The summed E-state index contributed by atoms with van der Waals surface area (Å²) in [7, 11) is 0. The summed E-state index contributed by atoms with van der Waals surface area (Å²) < 4.78 is 0. The van der Waals surface area contributed by atoms with Crippen LogP contribution in [0.25, 0.3) is 0 Å². The topological polar surface area (TPSA) is 61.4 Å². The number of carbonyl (C=O) groups is 2. The van der Waals surface area contributed by atoms with E-state index in [1.807, 2.05) is 16.8 Å². The summed E-state index contributed by atoms with van der Waals surface area (Å²) in [4.78, 5) is 26.4. The molecule has 0 spiro atoms. The van der Waals surface area contributed by atoms with Crippen molar-refractivity contribution in [1.82, 2.24) is 15.5 Å². The summed E-state index contributed by atoms with van der Waals surface area (Å²) in [6.07, 6.45) is 4.57. The maximum Gasteiger partial charge on any atom is 0.252 e. The van der Waals surface area contributed by atoms with Crippen molar-refractivity contribution < 1.29 is 9.59 Å². The van der Waals surface area contributed by atoms with Gasteiger partial charge in [0.2, 0.25) is 5.91 Å². The largest absolute Gasteiger partial charge is 0.352 e. The van der Waals surface area contributed by atoms with Gasteiger partial charge in [-0.2, -0.15) is 11.3 Å². The van der Waals surface area contributed by atoms with Gasteiger partial charge in [0.15, 0.2) is 0 Å². The Morgan fingerprint density at radius 3 is 2.91 bits per heavy atom. The molecule has 3 rings (SSSR count). The van der Waals surface area contributed by atoms with Crippen LogP contribution in [0.15, 0.2) is 16.8 Å². The minimum Gasteiger partial charge on any atom is -0.352 e. The first kappa shape index (κ1) is 18.2. The van der Waals surface area contributed by atoms with Gasteiger partial charge in [-0.1, -0.05) is 0 Å². The van der Waals surface area contributed by atoms with Crippen LogP contribution >= 0.6 is 23.7 Å². The summed E-state index contributed by atoms with van der Waals surface area (Å²) in [6.45, 7) is 2.50. The fourth-order valence-electron chi connectivity index (χ4n) is 3.46. The second-order valence-electron chi connectivity index (χ2n) is 6.05. The molecule has 128 valence electrons. The number of hydrogen-bond acceptors (Lipinski definition) is 4. The number of nitrogens with zero attached hydrogens (tertiary/aromatic N) is 1. The van der Waals surface area contributed by atoms with Crippen LogP contribution in [0.1, 0.15) is 42.5 Å². The number of carbonyl (C=O) groups excluding carboxylic acids is 2. The van der Waals surface area contributed by atoms with Crippen LogP contribution in [0.4, 0.5) is 0 Å². The van der Waals surface area contributed by atoms with Crippen molar-refractivity contribution in [1.29, 1.82) is 0 Å². The van der Waals surface area contributed by atoms with Gasteiger partial charge in [0.1, 0.15) is 0 Å². The third-order valence-electron chi connectivity index (χ3n) is 4.58. The molecule has 0 aliphatic carbocycles. The minimum absolute atomic E-state index is 0. The summed E-state index contributed by atoms with van der Waals surface area (Å²) in [6, 6.07) is 2.61. The molecule has 1 aromatic rings. The molecule has 0 radical (unpaired) electrons. The standard InChI is InChI=1S/C16H23N3O2S.ClH/c20-15(19-13-3-4-14(19)10-17-8-5-13)2-1-7-18-16(21)12-6-9-22-11-12;/h6,9,11,13-14,17H,1-5,7-8,10H2,(H,18,21);1H. The van der Waals surface area contributed by atoms with E-state index in [0.29, 0.717) is 37.0 Å². The molecule has 2 N–H and O–H groups in total. The predicted octanol–water partition coefficient (Wildman–Crippen LogP) is 2.03. The zero-order chi connectivity index (χ0) is 15.4. The molecule has 2 aliphatic rings. The monoisotopic (exact) mass is 357 g/mol. The molecule has 2 saturated heterocycles. The lowest BCUT2D eigenvalue weighted by Crippen LogP contribution is -2.42. The number of fused-ring (bicyclic) bond motifs is 2. The molecule has 23 heavy (non-hydrogen) atoms. The predicted molar refractivity (Wildman–Crippen MR) is 94.3 cm³/mol. The van der Waals surface area contributed by atoms with Crippen LogP contribution in [0.2, 0.25) is 0 Å². The number of rotatable bonds is 5. The van der Waals surface area contributed by atoms with Crippen molar-refractivity contribution in [3.05, 3.63) is 22.4 Å². The molecule has 2 amide bonds. The van der Waals surface area contributed by atoms with Gasteiger partial charge in [0, 0.05) is 42.5 Å². The van der Waals surface area contributed by atoms with E-state index in [9.17, 15) is 9.59 Å².